The molecule has 0 fully saturated rings. The van der Waals surface area contributed by atoms with Crippen LogP contribution in [0.25, 0.3) is 0 Å². The van der Waals surface area contributed by atoms with Crippen LogP contribution < -0.4 is 22.9 Å². The average Bonchev–Trinajstić information content (AvgIpc) is 2.76. The lowest BCUT2D eigenvalue weighted by Gasteiger charge is -2.30. The Labute approximate surface area is 176 Å². The Bertz CT molecular complexity index is 950. The van der Waals surface area contributed by atoms with Gasteiger partial charge in [-0.05, 0) is 65.2 Å². The third kappa shape index (κ3) is 4.71. The van der Waals surface area contributed by atoms with Crippen LogP contribution in [0, 0.1) is 0 Å². The first-order valence-corrected chi connectivity index (χ1v) is 9.50. The predicted molar refractivity (Wildman–Crippen MR) is 126 cm³/mol. The van der Waals surface area contributed by atoms with Crippen molar-refractivity contribution >= 4 is 22.7 Å². The fraction of sp³-hybridized carbons (Fsp3) is 0.0400. The fourth-order valence-electron chi connectivity index (χ4n) is 3.13. The van der Waals surface area contributed by atoms with Gasteiger partial charge in [-0.3, -0.25) is 0 Å². The Hall–Kier alpha value is -3.96. The molecule has 0 aliphatic rings. The second kappa shape index (κ2) is 9.03. The first-order valence-electron chi connectivity index (χ1n) is 9.50. The molecule has 0 unspecified atom stereocenters. The molecule has 4 aromatic rings. The molecule has 0 aliphatic carbocycles. The fourth-order valence-corrected chi connectivity index (χ4v) is 3.13. The van der Waals surface area contributed by atoms with Crippen LogP contribution in [-0.2, 0) is 5.60 Å². The van der Waals surface area contributed by atoms with Gasteiger partial charge in [0.2, 0.25) is 0 Å². The van der Waals surface area contributed by atoms with Crippen molar-refractivity contribution < 1.29 is 5.11 Å². The van der Waals surface area contributed by atoms with E-state index in [-0.39, 0.29) is 0 Å². The molecule has 0 radical (unpaired) electrons. The van der Waals surface area contributed by atoms with Crippen LogP contribution in [0.5, 0.6) is 0 Å². The van der Waals surface area contributed by atoms with Gasteiger partial charge in [-0.15, -0.1) is 0 Å². The van der Waals surface area contributed by atoms with Gasteiger partial charge in [-0.1, -0.05) is 54.6 Å². The van der Waals surface area contributed by atoms with Crippen molar-refractivity contribution in [3.63, 3.8) is 0 Å². The maximum Gasteiger partial charge on any atom is 0.140 e. The number of aliphatic hydroxyl groups is 1. The summed E-state index contributed by atoms with van der Waals surface area (Å²) in [6.07, 6.45) is 0. The molecular weight excluding hydrogens is 372 g/mol. The van der Waals surface area contributed by atoms with E-state index in [2.05, 4.69) is 0 Å². The number of para-hydroxylation sites is 1. The normalized spacial score (nSPS) is 10.7. The molecule has 5 nitrogen and oxygen atoms in total. The Balaban J connectivity index is 0.000000310. The molecule has 30 heavy (non-hydrogen) atoms. The highest BCUT2D eigenvalue weighted by molar-refractivity contribution is 5.54. The molecule has 0 aromatic heterocycles. The van der Waals surface area contributed by atoms with Crippen LogP contribution in [0.1, 0.15) is 16.7 Å². The number of rotatable bonds is 3. The van der Waals surface area contributed by atoms with E-state index in [0.29, 0.717) is 17.1 Å². The van der Waals surface area contributed by atoms with Gasteiger partial charge >= 0.3 is 0 Å². The predicted octanol–water partition coefficient (Wildman–Crippen LogP) is 3.99. The third-order valence-electron chi connectivity index (χ3n) is 4.78. The van der Waals surface area contributed by atoms with Crippen LogP contribution >= 0.6 is 0 Å². The highest BCUT2D eigenvalue weighted by atomic mass is 16.3. The van der Waals surface area contributed by atoms with Gasteiger partial charge < -0.3 is 28.0 Å². The van der Waals surface area contributed by atoms with E-state index >= 15 is 0 Å². The van der Waals surface area contributed by atoms with Gasteiger partial charge in [-0.25, -0.2) is 0 Å². The van der Waals surface area contributed by atoms with E-state index in [1.54, 1.807) is 36.4 Å². The minimum atomic E-state index is -1.31. The summed E-state index contributed by atoms with van der Waals surface area (Å²) in [6, 6.07) is 31.1. The molecule has 0 saturated heterocycles. The van der Waals surface area contributed by atoms with Crippen LogP contribution in [-0.4, -0.2) is 5.11 Å². The lowest BCUT2D eigenvalue weighted by atomic mass is 9.80. The Morgan fingerprint density at radius 2 is 0.667 bits per heavy atom. The van der Waals surface area contributed by atoms with Crippen molar-refractivity contribution in [2.24, 2.45) is 0 Å². The summed E-state index contributed by atoms with van der Waals surface area (Å²) < 4.78 is 0. The van der Waals surface area contributed by atoms with Crippen molar-refractivity contribution in [1.82, 2.24) is 0 Å². The highest BCUT2D eigenvalue weighted by Crippen LogP contribution is 2.37. The monoisotopic (exact) mass is 398 g/mol. The van der Waals surface area contributed by atoms with Crippen molar-refractivity contribution in [3.05, 3.63) is 120 Å². The molecule has 4 rings (SSSR count). The third-order valence-corrected chi connectivity index (χ3v) is 4.78. The molecule has 0 bridgehead atoms. The Morgan fingerprint density at radius 1 is 0.400 bits per heavy atom. The zero-order valence-electron chi connectivity index (χ0n) is 16.6. The molecule has 0 amide bonds. The molecule has 0 saturated carbocycles. The summed E-state index contributed by atoms with van der Waals surface area (Å²) in [7, 11) is 0. The summed E-state index contributed by atoms with van der Waals surface area (Å²) in [5, 5.41) is 11.6. The summed E-state index contributed by atoms with van der Waals surface area (Å²) in [5.41, 5.74) is 26.3. The molecule has 152 valence electrons. The number of anilines is 4. The first-order chi connectivity index (χ1) is 14.4. The number of nitrogens with two attached hydrogens (primary N) is 4. The van der Waals surface area contributed by atoms with Crippen molar-refractivity contribution in [2.75, 3.05) is 22.9 Å². The largest absolute Gasteiger partial charge is 0.399 e. The minimum absolute atomic E-state index is 0.644. The van der Waals surface area contributed by atoms with Gasteiger partial charge in [0.25, 0.3) is 0 Å². The smallest absolute Gasteiger partial charge is 0.140 e. The zero-order valence-corrected chi connectivity index (χ0v) is 16.6. The van der Waals surface area contributed by atoms with Crippen LogP contribution in [0.4, 0.5) is 22.7 Å². The number of benzene rings is 4. The quantitative estimate of drug-likeness (QED) is 0.264. The number of hydrogen-bond donors (Lipinski definition) is 5. The van der Waals surface area contributed by atoms with Gasteiger partial charge in [0, 0.05) is 22.7 Å². The summed E-state index contributed by atoms with van der Waals surface area (Å²) in [5.74, 6) is 0. The molecule has 0 aliphatic heterocycles. The summed E-state index contributed by atoms with van der Waals surface area (Å²) in [6.45, 7) is 0. The molecule has 0 heterocycles. The van der Waals surface area contributed by atoms with E-state index in [0.717, 1.165) is 22.4 Å². The maximum absolute atomic E-state index is 11.6. The van der Waals surface area contributed by atoms with Gasteiger partial charge in [0.1, 0.15) is 5.60 Å². The van der Waals surface area contributed by atoms with Crippen LogP contribution in [0.2, 0.25) is 0 Å². The zero-order chi connectivity index (χ0) is 21.6. The topological polar surface area (TPSA) is 124 Å². The van der Waals surface area contributed by atoms with Crippen molar-refractivity contribution in [2.45, 2.75) is 5.60 Å². The van der Waals surface area contributed by atoms with Crippen LogP contribution in [0.3, 0.4) is 0 Å². The maximum atomic E-state index is 11.6. The lowest BCUT2D eigenvalue weighted by molar-refractivity contribution is 0.126. The Kier molecular flexibility index (Phi) is 6.25. The summed E-state index contributed by atoms with van der Waals surface area (Å²) in [4.78, 5) is 0. The number of nitrogen functional groups attached to an aromatic ring is 4. The van der Waals surface area contributed by atoms with Gasteiger partial charge in [0.05, 0.1) is 0 Å². The second-order valence-corrected chi connectivity index (χ2v) is 6.99. The summed E-state index contributed by atoms with van der Waals surface area (Å²) >= 11 is 0. The van der Waals surface area contributed by atoms with E-state index in [1.807, 2.05) is 66.7 Å². The molecular formula is C25H26N4O. The second-order valence-electron chi connectivity index (χ2n) is 6.99. The van der Waals surface area contributed by atoms with Crippen molar-refractivity contribution in [3.8, 4) is 0 Å². The van der Waals surface area contributed by atoms with Gasteiger partial charge in [-0.2, -0.15) is 0 Å². The standard InChI is InChI=1S/C19H19N3O.C6H7N/c20-16-7-1-13(2-8-16)19(23,14-3-9-17(21)10-4-14)15-5-11-18(22)12-6-15;7-6-4-2-1-3-5-6/h1-12,23H,20-22H2;1-5H,7H2. The molecule has 9 N–H and O–H groups in total. The van der Waals surface area contributed by atoms with Gasteiger partial charge in [0.15, 0.2) is 0 Å². The van der Waals surface area contributed by atoms with E-state index in [4.69, 9.17) is 22.9 Å². The van der Waals surface area contributed by atoms with Crippen LogP contribution in [0.15, 0.2) is 103 Å². The SMILES string of the molecule is Nc1ccc(C(O)(c2ccc(N)cc2)c2ccc(N)cc2)cc1.Nc1ccccc1. The highest BCUT2D eigenvalue weighted by Gasteiger charge is 2.33. The average molecular weight is 399 g/mol. The Morgan fingerprint density at radius 3 is 0.900 bits per heavy atom. The minimum Gasteiger partial charge on any atom is -0.399 e. The molecule has 5 heteroatoms. The van der Waals surface area contributed by atoms with E-state index < -0.39 is 5.60 Å². The lowest BCUT2D eigenvalue weighted by Crippen LogP contribution is -2.28. The molecule has 0 spiro atoms. The first kappa shape index (κ1) is 20.8. The van der Waals surface area contributed by atoms with E-state index in [9.17, 15) is 5.11 Å². The van der Waals surface area contributed by atoms with Crippen molar-refractivity contribution in [1.29, 1.82) is 0 Å². The number of hydrogen-bond acceptors (Lipinski definition) is 5. The van der Waals surface area contributed by atoms with E-state index in [1.165, 1.54) is 0 Å². The molecule has 0 atom stereocenters. The molecule has 4 aromatic carbocycles.